The second kappa shape index (κ2) is 7.08. The minimum absolute atomic E-state index is 0.107. The number of carbonyl (C=O) groups is 1. The Morgan fingerprint density at radius 3 is 2.80 bits per heavy atom. The topological polar surface area (TPSA) is 67.8 Å². The molecule has 5 nitrogen and oxygen atoms in total. The van der Waals surface area contributed by atoms with Crippen LogP contribution in [0.3, 0.4) is 0 Å². The number of hydrogen-bond acceptors (Lipinski definition) is 7. The molecule has 3 heterocycles. The fraction of sp³-hybridized carbons (Fsp3) is 0.111. The molecule has 0 fully saturated rings. The molecule has 0 aliphatic carbocycles. The summed E-state index contributed by atoms with van der Waals surface area (Å²) in [7, 11) is 0. The first kappa shape index (κ1) is 15.9. The van der Waals surface area contributed by atoms with Gasteiger partial charge in [0.25, 0.3) is 0 Å². The van der Waals surface area contributed by atoms with Crippen LogP contribution < -0.4 is 5.32 Å². The molecule has 0 radical (unpaired) electrons. The van der Waals surface area contributed by atoms with Gasteiger partial charge >= 0.3 is 0 Å². The number of ketones is 1. The molecule has 0 aliphatic heterocycles. The molecule has 25 heavy (non-hydrogen) atoms. The normalized spacial score (nSPS) is 10.9. The first-order chi connectivity index (χ1) is 12.3. The van der Waals surface area contributed by atoms with E-state index in [4.69, 9.17) is 0 Å². The van der Waals surface area contributed by atoms with E-state index in [2.05, 4.69) is 25.6 Å². The van der Waals surface area contributed by atoms with Crippen molar-refractivity contribution in [2.24, 2.45) is 0 Å². The molecule has 0 saturated carbocycles. The fourth-order valence-corrected chi connectivity index (χ4v) is 4.07. The molecule has 124 valence electrons. The highest BCUT2D eigenvalue weighted by Gasteiger charge is 2.12. The van der Waals surface area contributed by atoms with Crippen LogP contribution in [0.4, 0.5) is 5.82 Å². The number of thiophene rings is 1. The van der Waals surface area contributed by atoms with Crippen LogP contribution in [0.2, 0.25) is 0 Å². The zero-order valence-corrected chi connectivity index (χ0v) is 14.8. The van der Waals surface area contributed by atoms with E-state index in [0.29, 0.717) is 18.8 Å². The van der Waals surface area contributed by atoms with Crippen molar-refractivity contribution < 1.29 is 4.79 Å². The van der Waals surface area contributed by atoms with E-state index in [9.17, 15) is 4.79 Å². The molecule has 3 aromatic heterocycles. The maximum Gasteiger partial charge on any atom is 0.164 e. The van der Waals surface area contributed by atoms with Gasteiger partial charge in [0.15, 0.2) is 11.6 Å². The number of anilines is 1. The molecule has 1 N–H and O–H groups in total. The van der Waals surface area contributed by atoms with E-state index < -0.39 is 0 Å². The lowest BCUT2D eigenvalue weighted by Gasteiger charge is -2.05. The van der Waals surface area contributed by atoms with Crippen molar-refractivity contribution in [3.63, 3.8) is 0 Å². The van der Waals surface area contributed by atoms with Gasteiger partial charge in [0.1, 0.15) is 21.7 Å². The summed E-state index contributed by atoms with van der Waals surface area (Å²) in [5, 5.41) is 8.25. The van der Waals surface area contributed by atoms with Gasteiger partial charge in [-0.05, 0) is 11.4 Å². The van der Waals surface area contributed by atoms with Gasteiger partial charge in [-0.2, -0.15) is 11.3 Å². The minimum Gasteiger partial charge on any atom is -0.368 e. The summed E-state index contributed by atoms with van der Waals surface area (Å²) >= 11 is 3.18. The van der Waals surface area contributed by atoms with Crippen LogP contribution in [0.5, 0.6) is 0 Å². The molecule has 0 amide bonds. The standard InChI is InChI=1S/C18H14N4OS2/c23-14(12-4-2-1-3-5-12)6-8-19-16-15-18(21-11-20-16)25-17(22-15)13-7-9-24-10-13/h1-5,7,9-11H,6,8H2,(H,19,20,21). The van der Waals surface area contributed by atoms with Crippen molar-refractivity contribution >= 4 is 44.6 Å². The third-order valence-electron chi connectivity index (χ3n) is 3.70. The largest absolute Gasteiger partial charge is 0.368 e. The van der Waals surface area contributed by atoms with Gasteiger partial charge in [-0.3, -0.25) is 4.79 Å². The number of nitrogens with zero attached hydrogens (tertiary/aromatic N) is 3. The van der Waals surface area contributed by atoms with Crippen molar-refractivity contribution in [1.29, 1.82) is 0 Å². The Kier molecular flexibility index (Phi) is 4.49. The van der Waals surface area contributed by atoms with Crippen LogP contribution in [0, 0.1) is 0 Å². The number of Topliss-reactive ketones (excluding diaryl/α,β-unsaturated/α-hetero) is 1. The van der Waals surface area contributed by atoms with Crippen LogP contribution in [-0.4, -0.2) is 27.3 Å². The molecule has 4 rings (SSSR count). The maximum absolute atomic E-state index is 12.2. The summed E-state index contributed by atoms with van der Waals surface area (Å²) in [6.45, 7) is 0.505. The van der Waals surface area contributed by atoms with Crippen molar-refractivity contribution in [2.45, 2.75) is 6.42 Å². The van der Waals surface area contributed by atoms with Gasteiger partial charge in [-0.1, -0.05) is 41.7 Å². The zero-order chi connectivity index (χ0) is 17.1. The van der Waals surface area contributed by atoms with Crippen LogP contribution >= 0.6 is 22.7 Å². The molecule has 0 spiro atoms. The Labute approximate surface area is 152 Å². The molecule has 0 unspecified atom stereocenters. The van der Waals surface area contributed by atoms with Gasteiger partial charge in [0, 0.05) is 29.5 Å². The summed E-state index contributed by atoms with van der Waals surface area (Å²) in [4.78, 5) is 26.3. The number of nitrogens with one attached hydrogen (secondary N) is 1. The number of thiazole rings is 1. The Morgan fingerprint density at radius 1 is 1.12 bits per heavy atom. The third-order valence-corrected chi connectivity index (χ3v) is 5.40. The summed E-state index contributed by atoms with van der Waals surface area (Å²) < 4.78 is 0. The lowest BCUT2D eigenvalue weighted by Crippen LogP contribution is -2.10. The average molecular weight is 366 g/mol. The van der Waals surface area contributed by atoms with Gasteiger partial charge in [-0.15, -0.1) is 0 Å². The summed E-state index contributed by atoms with van der Waals surface area (Å²) in [5.74, 6) is 0.777. The molecule has 4 aromatic rings. The fourth-order valence-electron chi connectivity index (χ4n) is 2.46. The molecule has 1 aromatic carbocycles. The molecule has 0 bridgehead atoms. The number of fused-ring (bicyclic) bond motifs is 1. The van der Waals surface area contributed by atoms with E-state index >= 15 is 0 Å². The SMILES string of the molecule is O=C(CCNc1ncnc2sc(-c3ccsc3)nc12)c1ccccc1. The van der Waals surface area contributed by atoms with Crippen LogP contribution in [-0.2, 0) is 0 Å². The van der Waals surface area contributed by atoms with Gasteiger partial charge in [0.05, 0.1) is 0 Å². The Morgan fingerprint density at radius 2 is 2.00 bits per heavy atom. The van der Waals surface area contributed by atoms with Gasteiger partial charge < -0.3 is 5.32 Å². The molecular weight excluding hydrogens is 352 g/mol. The summed E-state index contributed by atoms with van der Waals surface area (Å²) in [6.07, 6.45) is 1.93. The van der Waals surface area contributed by atoms with Gasteiger partial charge in [0.2, 0.25) is 0 Å². The smallest absolute Gasteiger partial charge is 0.164 e. The van der Waals surface area contributed by atoms with Crippen LogP contribution in [0.25, 0.3) is 20.9 Å². The summed E-state index contributed by atoms with van der Waals surface area (Å²) in [6, 6.07) is 11.4. The lowest BCUT2D eigenvalue weighted by atomic mass is 10.1. The molecule has 7 heteroatoms. The van der Waals surface area contributed by atoms with E-state index in [1.54, 1.807) is 22.7 Å². The average Bonchev–Trinajstić information content (AvgIpc) is 3.32. The number of carbonyl (C=O) groups excluding carboxylic acids is 1. The highest BCUT2D eigenvalue weighted by Crippen LogP contribution is 2.32. The van der Waals surface area contributed by atoms with Crippen LogP contribution in [0.1, 0.15) is 16.8 Å². The number of aromatic nitrogens is 3. The second-order valence-electron chi connectivity index (χ2n) is 5.37. The predicted octanol–water partition coefficient (Wildman–Crippen LogP) is 4.50. The molecule has 0 aliphatic rings. The van der Waals surface area contributed by atoms with E-state index in [-0.39, 0.29) is 5.78 Å². The highest BCUT2D eigenvalue weighted by atomic mass is 32.1. The van der Waals surface area contributed by atoms with E-state index in [1.807, 2.05) is 41.8 Å². The third kappa shape index (κ3) is 3.42. The quantitative estimate of drug-likeness (QED) is 0.509. The summed E-state index contributed by atoms with van der Waals surface area (Å²) in [5.41, 5.74) is 2.57. The van der Waals surface area contributed by atoms with Crippen molar-refractivity contribution in [2.75, 3.05) is 11.9 Å². The Balaban J connectivity index is 1.49. The molecule has 0 atom stereocenters. The lowest BCUT2D eigenvalue weighted by molar-refractivity contribution is 0.0986. The van der Waals surface area contributed by atoms with Crippen molar-refractivity contribution in [1.82, 2.24) is 15.0 Å². The second-order valence-corrected chi connectivity index (χ2v) is 7.13. The van der Waals surface area contributed by atoms with Crippen molar-refractivity contribution in [3.05, 3.63) is 59.0 Å². The number of rotatable bonds is 6. The first-order valence-corrected chi connectivity index (χ1v) is 9.53. The van der Waals surface area contributed by atoms with E-state index in [0.717, 1.165) is 26.5 Å². The van der Waals surface area contributed by atoms with E-state index in [1.165, 1.54) is 6.33 Å². The first-order valence-electron chi connectivity index (χ1n) is 7.77. The maximum atomic E-state index is 12.2. The highest BCUT2D eigenvalue weighted by molar-refractivity contribution is 7.21. The Hall–Kier alpha value is -2.64. The van der Waals surface area contributed by atoms with Gasteiger partial charge in [-0.25, -0.2) is 15.0 Å². The zero-order valence-electron chi connectivity index (χ0n) is 13.2. The Bertz CT molecular complexity index is 997. The number of hydrogen-bond donors (Lipinski definition) is 1. The minimum atomic E-state index is 0.107. The molecule has 0 saturated heterocycles. The van der Waals surface area contributed by atoms with Crippen LogP contribution in [0.15, 0.2) is 53.5 Å². The monoisotopic (exact) mass is 366 g/mol. The number of benzene rings is 1. The molecular formula is C18H14N4OS2. The predicted molar refractivity (Wildman–Crippen MR) is 102 cm³/mol. The van der Waals surface area contributed by atoms with Crippen molar-refractivity contribution in [3.8, 4) is 10.6 Å².